The standard InChI is InChI=1S/C22H25N3O3/c1-16-7-9-18(10-8-16)21(27)22(28)23-15-20(26)25-13-11-24(12-14-25)19-6-4-3-5-17(19)2/h3-10H,11-15H2,1-2H3,(H,23,28). The molecule has 1 aliphatic heterocycles. The Morgan fingerprint density at radius 3 is 2.18 bits per heavy atom. The number of ketones is 1. The van der Waals surface area contributed by atoms with E-state index in [9.17, 15) is 14.4 Å². The summed E-state index contributed by atoms with van der Waals surface area (Å²) in [5, 5.41) is 2.45. The van der Waals surface area contributed by atoms with E-state index in [1.807, 2.05) is 19.1 Å². The van der Waals surface area contributed by atoms with Gasteiger partial charge in [0.2, 0.25) is 11.7 Å². The predicted molar refractivity (Wildman–Crippen MR) is 108 cm³/mol. The Bertz CT molecular complexity index is 869. The van der Waals surface area contributed by atoms with Crippen LogP contribution in [0.3, 0.4) is 0 Å². The highest BCUT2D eigenvalue weighted by Crippen LogP contribution is 2.20. The van der Waals surface area contributed by atoms with E-state index >= 15 is 0 Å². The van der Waals surface area contributed by atoms with Gasteiger partial charge < -0.3 is 15.1 Å². The summed E-state index contributed by atoms with van der Waals surface area (Å²) in [6.07, 6.45) is 0. The topological polar surface area (TPSA) is 69.7 Å². The zero-order valence-corrected chi connectivity index (χ0v) is 16.3. The Morgan fingerprint density at radius 1 is 0.893 bits per heavy atom. The maximum Gasteiger partial charge on any atom is 0.292 e. The average Bonchev–Trinajstić information content (AvgIpc) is 2.72. The number of rotatable bonds is 5. The van der Waals surface area contributed by atoms with E-state index in [0.29, 0.717) is 18.7 Å². The summed E-state index contributed by atoms with van der Waals surface area (Å²) in [7, 11) is 0. The molecule has 0 saturated carbocycles. The van der Waals surface area contributed by atoms with E-state index in [1.54, 1.807) is 29.2 Å². The highest BCUT2D eigenvalue weighted by molar-refractivity contribution is 6.43. The molecule has 0 atom stereocenters. The minimum absolute atomic E-state index is 0.166. The van der Waals surface area contributed by atoms with Gasteiger partial charge in [0.25, 0.3) is 5.91 Å². The van der Waals surface area contributed by atoms with Crippen LogP contribution in [-0.4, -0.2) is 55.2 Å². The molecule has 1 saturated heterocycles. The zero-order chi connectivity index (χ0) is 20.1. The second-order valence-electron chi connectivity index (χ2n) is 7.03. The van der Waals surface area contributed by atoms with Gasteiger partial charge in [-0.1, -0.05) is 48.0 Å². The third-order valence-electron chi connectivity index (χ3n) is 5.01. The molecule has 0 unspecified atom stereocenters. The Labute approximate surface area is 165 Å². The van der Waals surface area contributed by atoms with Crippen LogP contribution >= 0.6 is 0 Å². The Kier molecular flexibility index (Phi) is 6.09. The van der Waals surface area contributed by atoms with Crippen molar-refractivity contribution in [1.82, 2.24) is 10.2 Å². The fraction of sp³-hybridized carbons (Fsp3) is 0.318. The normalized spacial score (nSPS) is 13.9. The zero-order valence-electron chi connectivity index (χ0n) is 16.3. The lowest BCUT2D eigenvalue weighted by Gasteiger charge is -2.36. The first-order valence-corrected chi connectivity index (χ1v) is 9.43. The van der Waals surface area contributed by atoms with Gasteiger partial charge in [-0.05, 0) is 25.5 Å². The number of piperazine rings is 1. The molecule has 1 heterocycles. The van der Waals surface area contributed by atoms with Gasteiger partial charge in [-0.3, -0.25) is 14.4 Å². The molecule has 1 fully saturated rings. The summed E-state index contributed by atoms with van der Waals surface area (Å²) >= 11 is 0. The molecule has 0 aliphatic carbocycles. The van der Waals surface area contributed by atoms with Crippen molar-refractivity contribution in [3.63, 3.8) is 0 Å². The van der Waals surface area contributed by atoms with Crippen LogP contribution < -0.4 is 10.2 Å². The molecule has 0 radical (unpaired) electrons. The maximum atomic E-state index is 12.4. The number of carbonyl (C=O) groups is 3. The number of nitrogens with zero attached hydrogens (tertiary/aromatic N) is 2. The van der Waals surface area contributed by atoms with Gasteiger partial charge in [-0.25, -0.2) is 0 Å². The minimum Gasteiger partial charge on any atom is -0.368 e. The van der Waals surface area contributed by atoms with Crippen LogP contribution in [0.15, 0.2) is 48.5 Å². The number of nitrogens with one attached hydrogen (secondary N) is 1. The summed E-state index contributed by atoms with van der Waals surface area (Å²) in [5.41, 5.74) is 3.73. The fourth-order valence-corrected chi connectivity index (χ4v) is 3.30. The Morgan fingerprint density at radius 2 is 1.54 bits per heavy atom. The van der Waals surface area contributed by atoms with Crippen molar-refractivity contribution in [2.24, 2.45) is 0 Å². The Balaban J connectivity index is 1.48. The van der Waals surface area contributed by atoms with Crippen LogP contribution in [-0.2, 0) is 9.59 Å². The van der Waals surface area contributed by atoms with E-state index in [4.69, 9.17) is 0 Å². The molecule has 146 valence electrons. The number of Topliss-reactive ketones (excluding diaryl/α,β-unsaturated/α-hetero) is 1. The lowest BCUT2D eigenvalue weighted by molar-refractivity contribution is -0.132. The van der Waals surface area contributed by atoms with Gasteiger partial charge in [-0.2, -0.15) is 0 Å². The molecule has 28 heavy (non-hydrogen) atoms. The van der Waals surface area contributed by atoms with Crippen molar-refractivity contribution in [3.05, 3.63) is 65.2 Å². The number of amides is 2. The summed E-state index contributed by atoms with van der Waals surface area (Å²) < 4.78 is 0. The number of carbonyl (C=O) groups excluding carboxylic acids is 3. The molecule has 1 aliphatic rings. The van der Waals surface area contributed by atoms with Gasteiger partial charge in [0.05, 0.1) is 6.54 Å². The highest BCUT2D eigenvalue weighted by atomic mass is 16.2. The number of para-hydroxylation sites is 1. The van der Waals surface area contributed by atoms with E-state index in [1.165, 1.54) is 11.3 Å². The molecule has 2 amide bonds. The molecule has 1 N–H and O–H groups in total. The van der Waals surface area contributed by atoms with E-state index in [-0.39, 0.29) is 12.5 Å². The smallest absolute Gasteiger partial charge is 0.292 e. The van der Waals surface area contributed by atoms with Gasteiger partial charge in [0.1, 0.15) is 0 Å². The summed E-state index contributed by atoms with van der Waals surface area (Å²) in [6.45, 7) is 6.49. The van der Waals surface area contributed by atoms with Gasteiger partial charge in [0, 0.05) is 37.4 Å². The first-order valence-electron chi connectivity index (χ1n) is 9.43. The average molecular weight is 379 g/mol. The van der Waals surface area contributed by atoms with Crippen molar-refractivity contribution in [2.45, 2.75) is 13.8 Å². The lowest BCUT2D eigenvalue weighted by Crippen LogP contribution is -2.51. The SMILES string of the molecule is Cc1ccc(C(=O)C(=O)NCC(=O)N2CCN(c3ccccc3C)CC2)cc1. The second-order valence-corrected chi connectivity index (χ2v) is 7.03. The molecule has 0 spiro atoms. The highest BCUT2D eigenvalue weighted by Gasteiger charge is 2.23. The quantitative estimate of drug-likeness (QED) is 0.637. The fourth-order valence-electron chi connectivity index (χ4n) is 3.30. The molecular weight excluding hydrogens is 354 g/mol. The number of benzene rings is 2. The third-order valence-corrected chi connectivity index (χ3v) is 5.01. The van der Waals surface area contributed by atoms with Crippen LogP contribution in [0, 0.1) is 13.8 Å². The molecule has 6 nitrogen and oxygen atoms in total. The molecule has 0 bridgehead atoms. The summed E-state index contributed by atoms with van der Waals surface area (Å²) in [5.74, 6) is -1.55. The second kappa shape index (κ2) is 8.69. The van der Waals surface area contributed by atoms with Crippen molar-refractivity contribution in [2.75, 3.05) is 37.6 Å². The van der Waals surface area contributed by atoms with Gasteiger partial charge in [0.15, 0.2) is 0 Å². The van der Waals surface area contributed by atoms with Crippen molar-refractivity contribution in [3.8, 4) is 0 Å². The van der Waals surface area contributed by atoms with Crippen LogP contribution in [0.4, 0.5) is 5.69 Å². The molecule has 0 aromatic heterocycles. The summed E-state index contributed by atoms with van der Waals surface area (Å²) in [6, 6.07) is 15.0. The van der Waals surface area contributed by atoms with E-state index < -0.39 is 11.7 Å². The first-order chi connectivity index (χ1) is 13.5. The predicted octanol–water partition coefficient (Wildman–Crippen LogP) is 1.95. The van der Waals surface area contributed by atoms with Crippen LogP contribution in [0.2, 0.25) is 0 Å². The van der Waals surface area contributed by atoms with Gasteiger partial charge in [-0.15, -0.1) is 0 Å². The van der Waals surface area contributed by atoms with Crippen molar-refractivity contribution < 1.29 is 14.4 Å². The van der Waals surface area contributed by atoms with Crippen molar-refractivity contribution >= 4 is 23.3 Å². The minimum atomic E-state index is -0.754. The van der Waals surface area contributed by atoms with Gasteiger partial charge >= 0.3 is 0 Å². The van der Waals surface area contributed by atoms with E-state index in [0.717, 1.165) is 18.7 Å². The number of hydrogen-bond donors (Lipinski definition) is 1. The van der Waals surface area contributed by atoms with Crippen molar-refractivity contribution in [1.29, 1.82) is 0 Å². The number of aryl methyl sites for hydroxylation is 2. The lowest BCUT2D eigenvalue weighted by atomic mass is 10.1. The first kappa shape index (κ1) is 19.6. The van der Waals surface area contributed by atoms with E-state index in [2.05, 4.69) is 29.3 Å². The number of hydrogen-bond acceptors (Lipinski definition) is 4. The summed E-state index contributed by atoms with van der Waals surface area (Å²) in [4.78, 5) is 40.6. The van der Waals surface area contributed by atoms with Crippen LogP contribution in [0.25, 0.3) is 0 Å². The monoisotopic (exact) mass is 379 g/mol. The largest absolute Gasteiger partial charge is 0.368 e. The third kappa shape index (κ3) is 4.57. The van der Waals surface area contributed by atoms with Crippen LogP contribution in [0.1, 0.15) is 21.5 Å². The molecule has 6 heteroatoms. The van der Waals surface area contributed by atoms with Crippen LogP contribution in [0.5, 0.6) is 0 Å². The molecular formula is C22H25N3O3. The molecule has 3 rings (SSSR count). The molecule has 2 aromatic carbocycles. The molecule has 2 aromatic rings. The number of anilines is 1. The Hall–Kier alpha value is -3.15. The maximum absolute atomic E-state index is 12.4.